The van der Waals surface area contributed by atoms with E-state index in [0.29, 0.717) is 56.6 Å². The van der Waals surface area contributed by atoms with E-state index in [1.165, 1.54) is 6.20 Å². The van der Waals surface area contributed by atoms with Crippen molar-refractivity contribution in [1.82, 2.24) is 24.8 Å². The van der Waals surface area contributed by atoms with Crippen molar-refractivity contribution in [2.45, 2.75) is 71.1 Å². The van der Waals surface area contributed by atoms with Gasteiger partial charge >= 0.3 is 18.1 Å². The number of halogens is 2. The van der Waals surface area contributed by atoms with Crippen LogP contribution in [0.3, 0.4) is 0 Å². The van der Waals surface area contributed by atoms with Crippen molar-refractivity contribution < 1.29 is 32.9 Å². The van der Waals surface area contributed by atoms with Gasteiger partial charge in [-0.15, -0.1) is 0 Å². The SMILES string of the molecule is CCOC(=O)COCC1CCN(CCOc2nc(N3CC4CCC(C3)N4C(=O)OC(C)(C)C)c3cnc(Cl)c(F)c3n2)CC1. The lowest BCUT2D eigenvalue weighted by Gasteiger charge is -2.42. The topological polar surface area (TPSA) is 119 Å². The fourth-order valence-electron chi connectivity index (χ4n) is 6.15. The summed E-state index contributed by atoms with van der Waals surface area (Å²) < 4.78 is 37.2. The molecule has 3 saturated heterocycles. The first-order valence-electron chi connectivity index (χ1n) is 15.4. The van der Waals surface area contributed by atoms with E-state index < -0.39 is 11.4 Å². The number of anilines is 1. The third kappa shape index (κ3) is 7.78. The monoisotopic (exact) mass is 636 g/mol. The minimum absolute atomic E-state index is 0.0156. The molecule has 1 amide bonds. The van der Waals surface area contributed by atoms with Crippen LogP contribution in [-0.4, -0.2) is 114 Å². The van der Waals surface area contributed by atoms with Crippen LogP contribution in [0, 0.1) is 11.7 Å². The maximum atomic E-state index is 15.2. The highest BCUT2D eigenvalue weighted by molar-refractivity contribution is 6.30. The van der Waals surface area contributed by atoms with Gasteiger partial charge in [-0.05, 0) is 72.4 Å². The van der Waals surface area contributed by atoms with E-state index in [9.17, 15) is 9.59 Å². The van der Waals surface area contributed by atoms with Gasteiger partial charge in [0.25, 0.3) is 0 Å². The Morgan fingerprint density at radius 2 is 1.80 bits per heavy atom. The number of fused-ring (bicyclic) bond motifs is 3. The van der Waals surface area contributed by atoms with Gasteiger partial charge in [-0.2, -0.15) is 9.97 Å². The van der Waals surface area contributed by atoms with Gasteiger partial charge in [0.15, 0.2) is 11.0 Å². The first-order chi connectivity index (χ1) is 21.0. The molecule has 14 heteroatoms. The number of ether oxygens (including phenoxy) is 4. The number of rotatable bonds is 10. The predicted octanol–water partition coefficient (Wildman–Crippen LogP) is 4.08. The molecule has 242 valence electrons. The lowest BCUT2D eigenvalue weighted by molar-refractivity contribution is -0.149. The number of carbonyl (C=O) groups is 2. The summed E-state index contributed by atoms with van der Waals surface area (Å²) in [4.78, 5) is 43.7. The van der Waals surface area contributed by atoms with Crippen molar-refractivity contribution in [2.24, 2.45) is 5.92 Å². The van der Waals surface area contributed by atoms with E-state index in [-0.39, 0.29) is 47.4 Å². The van der Waals surface area contributed by atoms with Gasteiger partial charge in [0, 0.05) is 25.8 Å². The maximum absolute atomic E-state index is 15.2. The van der Waals surface area contributed by atoms with Gasteiger partial charge in [0.2, 0.25) is 0 Å². The van der Waals surface area contributed by atoms with Crippen LogP contribution >= 0.6 is 11.6 Å². The fourth-order valence-corrected chi connectivity index (χ4v) is 6.29. The summed E-state index contributed by atoms with van der Waals surface area (Å²) in [7, 11) is 0. The third-order valence-corrected chi connectivity index (χ3v) is 8.48. The smallest absolute Gasteiger partial charge is 0.410 e. The number of pyridine rings is 1. The second-order valence-corrected chi connectivity index (χ2v) is 12.9. The summed E-state index contributed by atoms with van der Waals surface area (Å²) in [5, 5.41) is 0.175. The summed E-state index contributed by atoms with van der Waals surface area (Å²) in [5.41, 5.74) is -0.531. The number of hydrogen-bond donors (Lipinski definition) is 0. The highest BCUT2D eigenvalue weighted by atomic mass is 35.5. The molecule has 0 radical (unpaired) electrons. The Hall–Kier alpha value is -3.03. The predicted molar refractivity (Wildman–Crippen MR) is 162 cm³/mol. The van der Waals surface area contributed by atoms with E-state index in [0.717, 1.165) is 38.8 Å². The number of carbonyl (C=O) groups excluding carboxylic acids is 2. The molecule has 0 saturated carbocycles. The molecular weight excluding hydrogens is 595 g/mol. The van der Waals surface area contributed by atoms with Crippen LogP contribution in [0.5, 0.6) is 6.01 Å². The molecule has 0 aromatic carbocycles. The molecule has 12 nitrogen and oxygen atoms in total. The zero-order chi connectivity index (χ0) is 31.4. The maximum Gasteiger partial charge on any atom is 0.410 e. The Kier molecular flexibility index (Phi) is 10.3. The number of amides is 1. The second kappa shape index (κ2) is 13.9. The Balaban J connectivity index is 1.21. The van der Waals surface area contributed by atoms with Crippen molar-refractivity contribution in [2.75, 3.05) is 64.1 Å². The van der Waals surface area contributed by atoms with Crippen LogP contribution in [0.15, 0.2) is 6.20 Å². The first-order valence-corrected chi connectivity index (χ1v) is 15.8. The minimum Gasteiger partial charge on any atom is -0.464 e. The quantitative estimate of drug-likeness (QED) is 0.277. The fraction of sp³-hybridized carbons (Fsp3) is 0.700. The van der Waals surface area contributed by atoms with E-state index in [1.54, 1.807) is 6.92 Å². The molecule has 5 rings (SSSR count). The lowest BCUT2D eigenvalue weighted by Crippen LogP contribution is -2.57. The lowest BCUT2D eigenvalue weighted by atomic mass is 9.98. The van der Waals surface area contributed by atoms with Crippen molar-refractivity contribution in [3.63, 3.8) is 0 Å². The Morgan fingerprint density at radius 3 is 2.45 bits per heavy atom. The minimum atomic E-state index is -0.722. The van der Waals surface area contributed by atoms with E-state index in [2.05, 4.69) is 19.8 Å². The van der Waals surface area contributed by atoms with Crippen LogP contribution in [0.25, 0.3) is 10.9 Å². The van der Waals surface area contributed by atoms with E-state index in [1.807, 2.05) is 25.7 Å². The van der Waals surface area contributed by atoms with Crippen molar-refractivity contribution in [3.8, 4) is 6.01 Å². The Labute approximate surface area is 262 Å². The van der Waals surface area contributed by atoms with Gasteiger partial charge in [0.1, 0.15) is 30.1 Å². The van der Waals surface area contributed by atoms with Crippen molar-refractivity contribution >= 4 is 40.4 Å². The van der Waals surface area contributed by atoms with Crippen LogP contribution in [0.1, 0.15) is 53.4 Å². The van der Waals surface area contributed by atoms with Gasteiger partial charge in [-0.3, -0.25) is 9.80 Å². The molecule has 3 fully saturated rings. The second-order valence-electron chi connectivity index (χ2n) is 12.6. The molecule has 44 heavy (non-hydrogen) atoms. The molecule has 2 bridgehead atoms. The van der Waals surface area contributed by atoms with Gasteiger partial charge in [0.05, 0.1) is 30.7 Å². The molecule has 2 aromatic heterocycles. The number of nitrogens with zero attached hydrogens (tertiary/aromatic N) is 6. The van der Waals surface area contributed by atoms with E-state index >= 15 is 4.39 Å². The molecular formula is C30H42ClFN6O6. The summed E-state index contributed by atoms with van der Waals surface area (Å²) in [6, 6.07) is -0.0407. The number of likely N-dealkylation sites (tertiary alicyclic amines) is 1. The summed E-state index contributed by atoms with van der Waals surface area (Å²) >= 11 is 6.02. The standard InChI is InChI=1S/C30H42ClFN6O6/c1-5-42-23(39)18-41-17-19-8-10-36(11-9-19)12-13-43-28-34-25-22(14-33-26(31)24(25)32)27(35-28)37-15-20-6-7-21(16-37)38(20)29(40)44-30(2,3)4/h14,19-21H,5-13,15-18H2,1-4H3. The number of aromatic nitrogens is 3. The summed E-state index contributed by atoms with van der Waals surface area (Å²) in [6.07, 6.45) is 4.78. The van der Waals surface area contributed by atoms with Gasteiger partial charge < -0.3 is 23.8 Å². The zero-order valence-corrected chi connectivity index (χ0v) is 26.6. The molecule has 2 unspecified atom stereocenters. The van der Waals surface area contributed by atoms with Crippen molar-refractivity contribution in [3.05, 3.63) is 17.2 Å². The zero-order valence-electron chi connectivity index (χ0n) is 25.9. The molecule has 0 N–H and O–H groups in total. The Bertz CT molecular complexity index is 1320. The van der Waals surface area contributed by atoms with E-state index in [4.69, 9.17) is 35.5 Å². The average molecular weight is 637 g/mol. The molecule has 2 atom stereocenters. The third-order valence-electron chi connectivity index (χ3n) is 8.21. The largest absolute Gasteiger partial charge is 0.464 e. The summed E-state index contributed by atoms with van der Waals surface area (Å²) in [6.45, 7) is 12.0. The van der Waals surface area contributed by atoms with Crippen LogP contribution < -0.4 is 9.64 Å². The van der Waals surface area contributed by atoms with Gasteiger partial charge in [-0.1, -0.05) is 11.6 Å². The first kappa shape index (κ1) is 32.4. The number of piperazine rings is 1. The van der Waals surface area contributed by atoms with Crippen LogP contribution in [-0.2, 0) is 19.0 Å². The molecule has 3 aliphatic rings. The van der Waals surface area contributed by atoms with Crippen LogP contribution in [0.4, 0.5) is 15.0 Å². The summed E-state index contributed by atoms with van der Waals surface area (Å²) in [5.74, 6) is -0.159. The number of piperidine rings is 1. The molecule has 5 heterocycles. The molecule has 0 spiro atoms. The van der Waals surface area contributed by atoms with Crippen molar-refractivity contribution in [1.29, 1.82) is 0 Å². The molecule has 3 aliphatic heterocycles. The molecule has 2 aromatic rings. The molecule has 0 aliphatic carbocycles. The highest BCUT2D eigenvalue weighted by Gasteiger charge is 2.45. The number of hydrogen-bond acceptors (Lipinski definition) is 11. The number of esters is 1. The highest BCUT2D eigenvalue weighted by Crippen LogP contribution is 2.37. The Morgan fingerprint density at radius 1 is 1.09 bits per heavy atom. The van der Waals surface area contributed by atoms with Gasteiger partial charge in [-0.25, -0.2) is 19.0 Å². The average Bonchev–Trinajstić information content (AvgIpc) is 3.24. The van der Waals surface area contributed by atoms with Crippen LogP contribution in [0.2, 0.25) is 5.15 Å². The normalized spacial score (nSPS) is 21.1.